The molecule has 0 spiro atoms. The van der Waals surface area contributed by atoms with Gasteiger partial charge >= 0.3 is 13.6 Å². The number of para-hydroxylation sites is 2. The first-order valence-corrected chi connectivity index (χ1v) is 9.00. The summed E-state index contributed by atoms with van der Waals surface area (Å²) in [4.78, 5) is 23.6. The van der Waals surface area contributed by atoms with E-state index in [0.717, 1.165) is 7.11 Å². The molecule has 2 aromatic rings. The molecule has 25 heavy (non-hydrogen) atoms. The molecule has 2 aromatic carbocycles. The molecule has 0 aliphatic rings. The number of rotatable bonds is 7. The third kappa shape index (κ3) is 5.09. The van der Waals surface area contributed by atoms with Crippen LogP contribution in [0.25, 0.3) is 0 Å². The highest BCUT2D eigenvalue weighted by molar-refractivity contribution is 7.56. The van der Waals surface area contributed by atoms with Gasteiger partial charge in [-0.15, -0.1) is 0 Å². The van der Waals surface area contributed by atoms with Gasteiger partial charge in [0.15, 0.2) is 0 Å². The lowest BCUT2D eigenvalue weighted by molar-refractivity contribution is -0.142. The van der Waals surface area contributed by atoms with Crippen molar-refractivity contribution in [2.75, 3.05) is 7.11 Å². The van der Waals surface area contributed by atoms with Crippen molar-refractivity contribution in [2.45, 2.75) is 12.7 Å². The Morgan fingerprint density at radius 3 is 1.72 bits per heavy atom. The van der Waals surface area contributed by atoms with Crippen LogP contribution < -0.4 is 14.4 Å². The van der Waals surface area contributed by atoms with E-state index in [1.54, 1.807) is 60.7 Å². The highest BCUT2D eigenvalue weighted by Gasteiger charge is 2.46. The number of amides is 1. The first-order chi connectivity index (χ1) is 11.9. The molecule has 1 amide bonds. The smallest absolute Gasteiger partial charge is 0.464 e. The molecule has 8 heteroatoms. The maximum Gasteiger partial charge on any atom is 0.464 e. The molecule has 1 N–H and O–H groups in total. The fraction of sp³-hybridized carbons (Fsp3) is 0.176. The molecular weight excluding hydrogens is 345 g/mol. The molecule has 2 rings (SSSR count). The van der Waals surface area contributed by atoms with Crippen LogP contribution in [0.4, 0.5) is 0 Å². The predicted molar refractivity (Wildman–Crippen MR) is 91.4 cm³/mol. The number of hydrogen-bond acceptors (Lipinski definition) is 6. The Balaban J connectivity index is 2.43. The number of esters is 1. The van der Waals surface area contributed by atoms with Crippen molar-refractivity contribution < 1.29 is 27.9 Å². The largest absolute Gasteiger partial charge is 0.467 e. The quantitative estimate of drug-likeness (QED) is 0.601. The van der Waals surface area contributed by atoms with E-state index in [4.69, 9.17) is 9.05 Å². The zero-order valence-corrected chi connectivity index (χ0v) is 14.6. The monoisotopic (exact) mass is 363 g/mol. The molecule has 0 bridgehead atoms. The summed E-state index contributed by atoms with van der Waals surface area (Å²) in [6.07, 6.45) is 0. The van der Waals surface area contributed by atoms with Crippen LogP contribution in [0.1, 0.15) is 6.92 Å². The van der Waals surface area contributed by atoms with E-state index >= 15 is 0 Å². The van der Waals surface area contributed by atoms with Gasteiger partial charge in [-0.2, -0.15) is 0 Å². The first kappa shape index (κ1) is 18.5. The molecular formula is C17H18NO6P. The Bertz CT molecular complexity index is 720. The van der Waals surface area contributed by atoms with Crippen LogP contribution in [0.2, 0.25) is 0 Å². The molecule has 0 aliphatic carbocycles. The number of methoxy groups -OCH3 is 1. The van der Waals surface area contributed by atoms with Crippen molar-refractivity contribution in [2.24, 2.45) is 0 Å². The molecule has 0 radical (unpaired) electrons. The molecule has 7 nitrogen and oxygen atoms in total. The van der Waals surface area contributed by atoms with E-state index < -0.39 is 25.3 Å². The van der Waals surface area contributed by atoms with E-state index in [2.05, 4.69) is 10.1 Å². The minimum Gasteiger partial charge on any atom is -0.467 e. The number of carbonyl (C=O) groups excluding carboxylic acids is 2. The van der Waals surface area contributed by atoms with Gasteiger partial charge in [0.2, 0.25) is 5.91 Å². The van der Waals surface area contributed by atoms with Crippen molar-refractivity contribution in [3.63, 3.8) is 0 Å². The fourth-order valence-corrected chi connectivity index (χ4v) is 3.73. The van der Waals surface area contributed by atoms with Crippen molar-refractivity contribution in [3.8, 4) is 11.5 Å². The van der Waals surface area contributed by atoms with Gasteiger partial charge < -0.3 is 19.1 Å². The Morgan fingerprint density at radius 1 is 0.920 bits per heavy atom. The number of hydrogen-bond donors (Lipinski definition) is 1. The minimum atomic E-state index is -4.21. The van der Waals surface area contributed by atoms with Crippen molar-refractivity contribution >= 4 is 19.5 Å². The summed E-state index contributed by atoms with van der Waals surface area (Å²) in [5.41, 5.74) is 0. The van der Waals surface area contributed by atoms with Crippen molar-refractivity contribution in [1.82, 2.24) is 5.32 Å². The average Bonchev–Trinajstić information content (AvgIpc) is 2.60. The van der Waals surface area contributed by atoms with Crippen LogP contribution in [0.5, 0.6) is 11.5 Å². The molecule has 1 unspecified atom stereocenters. The summed E-state index contributed by atoms with van der Waals surface area (Å²) >= 11 is 0. The Morgan fingerprint density at radius 2 is 1.36 bits per heavy atom. The topological polar surface area (TPSA) is 90.9 Å². The van der Waals surface area contributed by atoms with Gasteiger partial charge in [-0.25, -0.2) is 9.36 Å². The van der Waals surface area contributed by atoms with E-state index in [1.165, 1.54) is 6.92 Å². The Kier molecular flexibility index (Phi) is 6.19. The summed E-state index contributed by atoms with van der Waals surface area (Å²) in [7, 11) is -3.09. The van der Waals surface area contributed by atoms with E-state index in [-0.39, 0.29) is 11.5 Å². The van der Waals surface area contributed by atoms with Gasteiger partial charge in [0.05, 0.1) is 7.11 Å². The molecule has 132 valence electrons. The summed E-state index contributed by atoms with van der Waals surface area (Å²) in [5, 5.41) is 2.29. The Hall–Kier alpha value is -2.79. The number of ether oxygens (including phenoxy) is 1. The van der Waals surface area contributed by atoms with Crippen LogP contribution in [-0.4, -0.2) is 24.8 Å². The maximum atomic E-state index is 13.4. The SMILES string of the molecule is COC(=O)C(NC(C)=O)P(=O)(Oc1ccccc1)Oc1ccccc1. The lowest BCUT2D eigenvalue weighted by Crippen LogP contribution is -2.42. The van der Waals surface area contributed by atoms with Crippen LogP contribution >= 0.6 is 7.60 Å². The van der Waals surface area contributed by atoms with Gasteiger partial charge in [-0.05, 0) is 24.3 Å². The van der Waals surface area contributed by atoms with Crippen molar-refractivity contribution in [3.05, 3.63) is 60.7 Å². The molecule has 0 saturated carbocycles. The number of carbonyl (C=O) groups is 2. The summed E-state index contributed by atoms with van der Waals surface area (Å²) in [6, 6.07) is 16.4. The summed E-state index contributed by atoms with van der Waals surface area (Å²) in [6.45, 7) is 1.19. The fourth-order valence-electron chi connectivity index (χ4n) is 1.95. The predicted octanol–water partition coefficient (Wildman–Crippen LogP) is 2.97. The first-order valence-electron chi connectivity index (χ1n) is 7.38. The second-order valence-corrected chi connectivity index (χ2v) is 6.94. The van der Waals surface area contributed by atoms with E-state index in [9.17, 15) is 14.2 Å². The van der Waals surface area contributed by atoms with Crippen LogP contribution in [0, 0.1) is 0 Å². The second-order valence-electron chi connectivity index (χ2n) is 4.97. The highest BCUT2D eigenvalue weighted by atomic mass is 31.2. The maximum absolute atomic E-state index is 13.4. The molecule has 0 heterocycles. The number of nitrogens with one attached hydrogen (secondary N) is 1. The normalized spacial score (nSPS) is 11.9. The zero-order chi connectivity index (χ0) is 18.3. The lowest BCUT2D eigenvalue weighted by atomic mass is 10.3. The van der Waals surface area contributed by atoms with Crippen LogP contribution in [0.15, 0.2) is 60.7 Å². The van der Waals surface area contributed by atoms with Gasteiger partial charge in [0, 0.05) is 6.92 Å². The average molecular weight is 363 g/mol. The van der Waals surface area contributed by atoms with Crippen molar-refractivity contribution in [1.29, 1.82) is 0 Å². The van der Waals surface area contributed by atoms with Gasteiger partial charge in [0.1, 0.15) is 11.5 Å². The third-order valence-electron chi connectivity index (χ3n) is 3.03. The number of benzene rings is 2. The summed E-state index contributed by atoms with van der Waals surface area (Å²) < 4.78 is 29.1. The van der Waals surface area contributed by atoms with E-state index in [0.29, 0.717) is 0 Å². The molecule has 0 aliphatic heterocycles. The van der Waals surface area contributed by atoms with Gasteiger partial charge in [-0.1, -0.05) is 36.4 Å². The zero-order valence-electron chi connectivity index (χ0n) is 13.7. The standard InChI is InChI=1S/C17H18NO6P/c1-13(19)18-16(17(20)22-2)25(21,23-14-9-5-3-6-10-14)24-15-11-7-4-8-12-15/h3-12,16H,1-2H3,(H,18,19). The van der Waals surface area contributed by atoms with Gasteiger partial charge in [0.25, 0.3) is 5.78 Å². The minimum absolute atomic E-state index is 0.223. The highest BCUT2D eigenvalue weighted by Crippen LogP contribution is 2.52. The third-order valence-corrected chi connectivity index (χ3v) is 4.94. The second kappa shape index (κ2) is 8.35. The van der Waals surface area contributed by atoms with Crippen LogP contribution in [-0.2, 0) is 18.9 Å². The molecule has 1 atom stereocenters. The summed E-state index contributed by atoms with van der Waals surface area (Å²) in [5.74, 6) is -2.69. The lowest BCUT2D eigenvalue weighted by Gasteiger charge is -2.26. The molecule has 0 fully saturated rings. The molecule has 0 saturated heterocycles. The van der Waals surface area contributed by atoms with E-state index in [1.807, 2.05) is 0 Å². The van der Waals surface area contributed by atoms with Gasteiger partial charge in [-0.3, -0.25) is 4.79 Å². The van der Waals surface area contributed by atoms with Crippen LogP contribution in [0.3, 0.4) is 0 Å². The Labute approximate surface area is 145 Å². The molecule has 0 aromatic heterocycles.